The van der Waals surface area contributed by atoms with Crippen LogP contribution in [0.1, 0.15) is 55.1 Å². The molecule has 23 heavy (non-hydrogen) atoms. The van der Waals surface area contributed by atoms with Crippen LogP contribution in [0.2, 0.25) is 0 Å². The Morgan fingerprint density at radius 2 is 2.13 bits per heavy atom. The van der Waals surface area contributed by atoms with Crippen molar-refractivity contribution in [1.29, 1.82) is 0 Å². The molecular weight excluding hydrogens is 297 g/mol. The van der Waals surface area contributed by atoms with Crippen LogP contribution in [0.3, 0.4) is 0 Å². The van der Waals surface area contributed by atoms with Gasteiger partial charge in [0.05, 0.1) is 18.6 Å². The fourth-order valence-corrected chi connectivity index (χ4v) is 3.30. The molecular formula is C17H18FN3O2. The van der Waals surface area contributed by atoms with Gasteiger partial charge in [-0.1, -0.05) is 30.3 Å². The summed E-state index contributed by atoms with van der Waals surface area (Å²) in [6.07, 6.45) is -0.0536. The van der Waals surface area contributed by atoms with E-state index >= 15 is 0 Å². The van der Waals surface area contributed by atoms with Gasteiger partial charge in [-0.05, 0) is 18.9 Å². The summed E-state index contributed by atoms with van der Waals surface area (Å²) in [7, 11) is 0. The molecule has 1 fully saturated rings. The van der Waals surface area contributed by atoms with Gasteiger partial charge in [-0.3, -0.25) is 4.79 Å². The molecule has 0 spiro atoms. The van der Waals surface area contributed by atoms with Crippen LogP contribution < -0.4 is 0 Å². The minimum absolute atomic E-state index is 0.0317. The van der Waals surface area contributed by atoms with Crippen LogP contribution in [0.4, 0.5) is 4.39 Å². The number of hydrogen-bond donors (Lipinski definition) is 0. The molecule has 0 saturated heterocycles. The smallest absolute Gasteiger partial charge is 0.309 e. The molecule has 5 nitrogen and oxygen atoms in total. The minimum atomic E-state index is -1.11. The molecule has 1 aromatic heterocycles. The average Bonchev–Trinajstić information content (AvgIpc) is 3.15. The van der Waals surface area contributed by atoms with Crippen molar-refractivity contribution < 1.29 is 13.9 Å². The van der Waals surface area contributed by atoms with E-state index < -0.39 is 6.17 Å². The zero-order chi connectivity index (χ0) is 16.0. The summed E-state index contributed by atoms with van der Waals surface area (Å²) >= 11 is 0. The first-order valence-corrected chi connectivity index (χ1v) is 8.01. The maximum Gasteiger partial charge on any atom is 0.309 e. The Morgan fingerprint density at radius 1 is 1.35 bits per heavy atom. The predicted octanol–water partition coefficient (Wildman–Crippen LogP) is 2.95. The standard InChI is InChI=1S/C17H18FN3O2/c1-2-23-17(22)12-8-11(12)15-19-16-13(18)9-14(21(16)20-15)10-6-4-3-5-7-10/h3-7,11-14H,2,8-9H2,1H3/t11-,12+,13-,14-/m0/s1. The van der Waals surface area contributed by atoms with E-state index in [1.807, 2.05) is 30.3 Å². The van der Waals surface area contributed by atoms with E-state index in [0.29, 0.717) is 31.1 Å². The second kappa shape index (κ2) is 5.44. The summed E-state index contributed by atoms with van der Waals surface area (Å²) in [4.78, 5) is 16.1. The molecule has 1 saturated carbocycles. The summed E-state index contributed by atoms with van der Waals surface area (Å²) in [5.74, 6) is 0.538. The van der Waals surface area contributed by atoms with Crippen LogP contribution in [-0.4, -0.2) is 27.3 Å². The van der Waals surface area contributed by atoms with Gasteiger partial charge < -0.3 is 4.74 Å². The van der Waals surface area contributed by atoms with E-state index in [-0.39, 0.29) is 23.8 Å². The highest BCUT2D eigenvalue weighted by Crippen LogP contribution is 2.48. The van der Waals surface area contributed by atoms with Crippen LogP contribution in [0.15, 0.2) is 30.3 Å². The first-order valence-electron chi connectivity index (χ1n) is 8.01. The van der Waals surface area contributed by atoms with E-state index in [4.69, 9.17) is 4.74 Å². The molecule has 2 aliphatic rings. The van der Waals surface area contributed by atoms with Crippen molar-refractivity contribution in [2.45, 2.75) is 37.9 Å². The minimum Gasteiger partial charge on any atom is -0.466 e. The van der Waals surface area contributed by atoms with Gasteiger partial charge in [-0.15, -0.1) is 0 Å². The number of alkyl halides is 1. The van der Waals surface area contributed by atoms with Crippen molar-refractivity contribution in [3.05, 3.63) is 47.5 Å². The van der Waals surface area contributed by atoms with Crippen molar-refractivity contribution in [3.63, 3.8) is 0 Å². The monoisotopic (exact) mass is 315 g/mol. The maximum absolute atomic E-state index is 14.3. The predicted molar refractivity (Wildman–Crippen MR) is 80.6 cm³/mol. The molecule has 2 heterocycles. The number of esters is 1. The Morgan fingerprint density at radius 3 is 2.87 bits per heavy atom. The highest BCUT2D eigenvalue weighted by atomic mass is 19.1. The molecule has 0 bridgehead atoms. The fourth-order valence-electron chi connectivity index (χ4n) is 3.30. The topological polar surface area (TPSA) is 57.0 Å². The number of rotatable bonds is 4. The summed E-state index contributed by atoms with van der Waals surface area (Å²) in [5.41, 5.74) is 1.03. The summed E-state index contributed by atoms with van der Waals surface area (Å²) in [5, 5.41) is 4.51. The summed E-state index contributed by atoms with van der Waals surface area (Å²) in [6.45, 7) is 2.16. The SMILES string of the molecule is CCOC(=O)[C@@H]1C[C@@H]1c1nc2n(n1)[C@H](c1ccccc1)C[C@@H]2F. The Kier molecular flexibility index (Phi) is 3.39. The zero-order valence-corrected chi connectivity index (χ0v) is 12.9. The molecule has 1 aromatic carbocycles. The Balaban J connectivity index is 1.58. The lowest BCUT2D eigenvalue weighted by atomic mass is 10.0. The Labute approximate surface area is 133 Å². The quantitative estimate of drug-likeness (QED) is 0.814. The van der Waals surface area contributed by atoms with Crippen LogP contribution in [0.5, 0.6) is 0 Å². The van der Waals surface area contributed by atoms with Crippen LogP contribution in [0, 0.1) is 5.92 Å². The Hall–Kier alpha value is -2.24. The normalized spacial score (nSPS) is 28.4. The number of carbonyl (C=O) groups excluding carboxylic acids is 1. The van der Waals surface area contributed by atoms with Crippen molar-refractivity contribution >= 4 is 5.97 Å². The van der Waals surface area contributed by atoms with E-state index in [0.717, 1.165) is 5.56 Å². The number of carbonyl (C=O) groups is 1. The van der Waals surface area contributed by atoms with Crippen LogP contribution in [0.25, 0.3) is 0 Å². The third-order valence-electron chi connectivity index (χ3n) is 4.58. The highest BCUT2D eigenvalue weighted by Gasteiger charge is 2.49. The number of halogens is 1. The van der Waals surface area contributed by atoms with Gasteiger partial charge in [-0.2, -0.15) is 5.10 Å². The molecule has 120 valence electrons. The number of ether oxygens (including phenoxy) is 1. The molecule has 1 aliphatic carbocycles. The second-order valence-electron chi connectivity index (χ2n) is 6.10. The van der Waals surface area contributed by atoms with E-state index in [2.05, 4.69) is 10.1 Å². The van der Waals surface area contributed by atoms with Gasteiger partial charge in [0.1, 0.15) is 0 Å². The van der Waals surface area contributed by atoms with Gasteiger partial charge >= 0.3 is 5.97 Å². The molecule has 0 amide bonds. The van der Waals surface area contributed by atoms with E-state index in [1.165, 1.54) is 0 Å². The van der Waals surface area contributed by atoms with Crippen LogP contribution in [-0.2, 0) is 9.53 Å². The number of benzene rings is 1. The highest BCUT2D eigenvalue weighted by molar-refractivity contribution is 5.77. The number of aromatic nitrogens is 3. The van der Waals surface area contributed by atoms with Crippen molar-refractivity contribution in [2.75, 3.05) is 6.61 Å². The maximum atomic E-state index is 14.3. The zero-order valence-electron chi connectivity index (χ0n) is 12.9. The van der Waals surface area contributed by atoms with Gasteiger partial charge in [0.15, 0.2) is 17.8 Å². The van der Waals surface area contributed by atoms with Crippen molar-refractivity contribution in [2.24, 2.45) is 5.92 Å². The lowest BCUT2D eigenvalue weighted by molar-refractivity contribution is -0.144. The average molecular weight is 315 g/mol. The molecule has 0 unspecified atom stereocenters. The molecule has 1 aliphatic heterocycles. The first kappa shape index (κ1) is 14.4. The first-order chi connectivity index (χ1) is 11.2. The third-order valence-corrected chi connectivity index (χ3v) is 4.58. The molecule has 4 rings (SSSR count). The molecule has 2 aromatic rings. The summed E-state index contributed by atoms with van der Waals surface area (Å²) in [6, 6.07) is 9.65. The third kappa shape index (κ3) is 2.42. The van der Waals surface area contributed by atoms with Crippen molar-refractivity contribution in [1.82, 2.24) is 14.8 Å². The molecule has 0 radical (unpaired) electrons. The van der Waals surface area contributed by atoms with E-state index in [9.17, 15) is 9.18 Å². The Bertz CT molecular complexity index is 731. The summed E-state index contributed by atoms with van der Waals surface area (Å²) < 4.78 is 21.0. The van der Waals surface area contributed by atoms with Gasteiger partial charge in [0, 0.05) is 12.3 Å². The van der Waals surface area contributed by atoms with Gasteiger partial charge in [-0.25, -0.2) is 14.1 Å². The van der Waals surface area contributed by atoms with Crippen molar-refractivity contribution in [3.8, 4) is 0 Å². The second-order valence-corrected chi connectivity index (χ2v) is 6.10. The molecule has 6 heteroatoms. The van der Waals surface area contributed by atoms with E-state index in [1.54, 1.807) is 11.6 Å². The number of hydrogen-bond acceptors (Lipinski definition) is 4. The molecule has 4 atom stereocenters. The van der Waals surface area contributed by atoms with Crippen LogP contribution >= 0.6 is 0 Å². The fraction of sp³-hybridized carbons (Fsp3) is 0.471. The number of nitrogens with zero attached hydrogens (tertiary/aromatic N) is 3. The largest absolute Gasteiger partial charge is 0.466 e. The lowest BCUT2D eigenvalue weighted by Gasteiger charge is -2.11. The van der Waals surface area contributed by atoms with Gasteiger partial charge in [0.25, 0.3) is 0 Å². The van der Waals surface area contributed by atoms with Gasteiger partial charge in [0.2, 0.25) is 0 Å². The number of fused-ring (bicyclic) bond motifs is 1. The lowest BCUT2D eigenvalue weighted by Crippen LogP contribution is -2.09. The molecule has 0 N–H and O–H groups in total.